The standard InChI is InChI=1S/C14H19FO4S/c1-10(2)20(18,19)8-7-12(14(16)17)9-11-3-5-13(15)6-4-11/h3-6,10,12H,7-9H2,1-2H3,(H,16,17). The molecular formula is C14H19FO4S. The highest BCUT2D eigenvalue weighted by molar-refractivity contribution is 7.91. The van der Waals surface area contributed by atoms with E-state index in [0.717, 1.165) is 0 Å². The number of hydrogen-bond donors (Lipinski definition) is 1. The summed E-state index contributed by atoms with van der Waals surface area (Å²) in [6.07, 6.45) is 0.260. The first-order valence-electron chi connectivity index (χ1n) is 6.41. The second-order valence-corrected chi connectivity index (χ2v) is 7.75. The largest absolute Gasteiger partial charge is 0.481 e. The summed E-state index contributed by atoms with van der Waals surface area (Å²) < 4.78 is 36.2. The van der Waals surface area contributed by atoms with Gasteiger partial charge >= 0.3 is 5.97 Å². The third kappa shape index (κ3) is 4.92. The minimum absolute atomic E-state index is 0.0627. The summed E-state index contributed by atoms with van der Waals surface area (Å²) in [4.78, 5) is 11.2. The summed E-state index contributed by atoms with van der Waals surface area (Å²) in [7, 11) is -3.25. The molecule has 1 N–H and O–H groups in total. The Morgan fingerprint density at radius 2 is 1.80 bits per heavy atom. The molecule has 4 nitrogen and oxygen atoms in total. The summed E-state index contributed by atoms with van der Waals surface area (Å²) in [5.41, 5.74) is 0.681. The van der Waals surface area contributed by atoms with Crippen LogP contribution >= 0.6 is 0 Å². The van der Waals surface area contributed by atoms with Crippen molar-refractivity contribution in [2.24, 2.45) is 5.92 Å². The van der Waals surface area contributed by atoms with Crippen LogP contribution in [0.1, 0.15) is 25.8 Å². The minimum atomic E-state index is -3.25. The van der Waals surface area contributed by atoms with Gasteiger partial charge in [0.15, 0.2) is 9.84 Å². The van der Waals surface area contributed by atoms with E-state index in [4.69, 9.17) is 5.11 Å². The maximum Gasteiger partial charge on any atom is 0.306 e. The third-order valence-electron chi connectivity index (χ3n) is 3.21. The van der Waals surface area contributed by atoms with Crippen LogP contribution in [0, 0.1) is 11.7 Å². The van der Waals surface area contributed by atoms with Gasteiger partial charge in [-0.25, -0.2) is 12.8 Å². The van der Waals surface area contributed by atoms with Gasteiger partial charge in [-0.05, 0) is 44.4 Å². The highest BCUT2D eigenvalue weighted by atomic mass is 32.2. The SMILES string of the molecule is CC(C)S(=O)(=O)CCC(Cc1ccc(F)cc1)C(=O)O. The van der Waals surface area contributed by atoms with Crippen molar-refractivity contribution in [2.75, 3.05) is 5.75 Å². The zero-order chi connectivity index (χ0) is 15.3. The van der Waals surface area contributed by atoms with Crippen LogP contribution in [-0.4, -0.2) is 30.5 Å². The molecule has 1 unspecified atom stereocenters. The molecule has 0 spiro atoms. The van der Waals surface area contributed by atoms with Crippen LogP contribution in [0.4, 0.5) is 4.39 Å². The Balaban J connectivity index is 2.71. The predicted molar refractivity (Wildman–Crippen MR) is 74.8 cm³/mol. The topological polar surface area (TPSA) is 71.4 Å². The molecule has 1 aromatic rings. The average molecular weight is 302 g/mol. The van der Waals surface area contributed by atoms with Crippen molar-refractivity contribution >= 4 is 15.8 Å². The quantitative estimate of drug-likeness (QED) is 0.839. The lowest BCUT2D eigenvalue weighted by atomic mass is 9.97. The number of carboxylic acids is 1. The van der Waals surface area contributed by atoms with E-state index >= 15 is 0 Å². The molecule has 0 aliphatic rings. The summed E-state index contributed by atoms with van der Waals surface area (Å²) in [5.74, 6) is -2.35. The molecule has 0 bridgehead atoms. The van der Waals surface area contributed by atoms with Crippen LogP contribution < -0.4 is 0 Å². The van der Waals surface area contributed by atoms with E-state index in [0.29, 0.717) is 5.56 Å². The van der Waals surface area contributed by atoms with Gasteiger partial charge in [0.05, 0.1) is 16.9 Å². The highest BCUT2D eigenvalue weighted by Crippen LogP contribution is 2.16. The van der Waals surface area contributed by atoms with Gasteiger partial charge in [0, 0.05) is 0 Å². The first kappa shape index (κ1) is 16.6. The molecule has 112 valence electrons. The highest BCUT2D eigenvalue weighted by Gasteiger charge is 2.23. The molecule has 0 heterocycles. The Bertz CT molecular complexity index is 549. The predicted octanol–water partition coefficient (Wildman–Crippen LogP) is 2.28. The first-order valence-corrected chi connectivity index (χ1v) is 8.12. The third-order valence-corrected chi connectivity index (χ3v) is 5.45. The van der Waals surface area contributed by atoms with Crippen LogP contribution in [0.5, 0.6) is 0 Å². The van der Waals surface area contributed by atoms with Gasteiger partial charge in [0.1, 0.15) is 5.82 Å². The number of carbonyl (C=O) groups is 1. The number of rotatable bonds is 7. The molecule has 6 heteroatoms. The molecule has 0 aromatic heterocycles. The smallest absolute Gasteiger partial charge is 0.306 e. The zero-order valence-corrected chi connectivity index (χ0v) is 12.4. The number of benzene rings is 1. The number of hydrogen-bond acceptors (Lipinski definition) is 3. The van der Waals surface area contributed by atoms with E-state index in [-0.39, 0.29) is 24.4 Å². The second-order valence-electron chi connectivity index (χ2n) is 5.07. The lowest BCUT2D eigenvalue weighted by Gasteiger charge is -2.14. The molecule has 1 atom stereocenters. The average Bonchev–Trinajstić information content (AvgIpc) is 2.36. The van der Waals surface area contributed by atoms with Crippen molar-refractivity contribution in [3.63, 3.8) is 0 Å². The normalized spacial score (nSPS) is 13.4. The van der Waals surface area contributed by atoms with Gasteiger partial charge in [-0.3, -0.25) is 4.79 Å². The van der Waals surface area contributed by atoms with E-state index in [9.17, 15) is 17.6 Å². The Labute approximate surface area is 118 Å². The van der Waals surface area contributed by atoms with E-state index in [1.54, 1.807) is 13.8 Å². The molecule has 1 aromatic carbocycles. The zero-order valence-electron chi connectivity index (χ0n) is 11.5. The van der Waals surface area contributed by atoms with E-state index < -0.39 is 27.0 Å². The van der Waals surface area contributed by atoms with Gasteiger partial charge < -0.3 is 5.11 Å². The lowest BCUT2D eigenvalue weighted by molar-refractivity contribution is -0.141. The van der Waals surface area contributed by atoms with Crippen LogP contribution in [0.3, 0.4) is 0 Å². The first-order chi connectivity index (χ1) is 9.22. The maximum atomic E-state index is 12.8. The molecule has 0 saturated carbocycles. The van der Waals surface area contributed by atoms with Crippen molar-refractivity contribution in [2.45, 2.75) is 31.9 Å². The van der Waals surface area contributed by atoms with E-state index in [2.05, 4.69) is 0 Å². The molecular weight excluding hydrogens is 283 g/mol. The van der Waals surface area contributed by atoms with Crippen molar-refractivity contribution in [1.82, 2.24) is 0 Å². The summed E-state index contributed by atoms with van der Waals surface area (Å²) in [6.45, 7) is 3.15. The van der Waals surface area contributed by atoms with Gasteiger partial charge in [-0.15, -0.1) is 0 Å². The second kappa shape index (κ2) is 6.83. The van der Waals surface area contributed by atoms with Gasteiger partial charge in [0.25, 0.3) is 0 Å². The van der Waals surface area contributed by atoms with Crippen molar-refractivity contribution < 1.29 is 22.7 Å². The minimum Gasteiger partial charge on any atom is -0.481 e. The summed E-state index contributed by atoms with van der Waals surface area (Å²) in [5, 5.41) is 8.64. The van der Waals surface area contributed by atoms with Crippen LogP contribution in [0.25, 0.3) is 0 Å². The fourth-order valence-corrected chi connectivity index (χ4v) is 2.84. The molecule has 0 aliphatic carbocycles. The number of carboxylic acid groups (broad SMARTS) is 1. The van der Waals surface area contributed by atoms with Gasteiger partial charge in [-0.2, -0.15) is 0 Å². The monoisotopic (exact) mass is 302 g/mol. The number of sulfone groups is 1. The van der Waals surface area contributed by atoms with Crippen LogP contribution in [-0.2, 0) is 21.1 Å². The Hall–Kier alpha value is -1.43. The van der Waals surface area contributed by atoms with Crippen molar-refractivity contribution in [1.29, 1.82) is 0 Å². The molecule has 20 heavy (non-hydrogen) atoms. The molecule has 0 amide bonds. The van der Waals surface area contributed by atoms with Gasteiger partial charge in [-0.1, -0.05) is 12.1 Å². The van der Waals surface area contributed by atoms with Crippen molar-refractivity contribution in [3.8, 4) is 0 Å². The molecule has 0 saturated heterocycles. The molecule has 1 rings (SSSR count). The fraction of sp³-hybridized carbons (Fsp3) is 0.500. The van der Waals surface area contributed by atoms with E-state index in [1.165, 1.54) is 24.3 Å². The summed E-state index contributed by atoms with van der Waals surface area (Å²) >= 11 is 0. The lowest BCUT2D eigenvalue weighted by Crippen LogP contribution is -2.24. The fourth-order valence-electron chi connectivity index (χ4n) is 1.76. The van der Waals surface area contributed by atoms with Crippen LogP contribution in [0.15, 0.2) is 24.3 Å². The summed E-state index contributed by atoms with van der Waals surface area (Å²) in [6, 6.07) is 5.56. The molecule has 0 radical (unpaired) electrons. The van der Waals surface area contributed by atoms with Crippen molar-refractivity contribution in [3.05, 3.63) is 35.6 Å². The molecule has 0 aliphatic heterocycles. The van der Waals surface area contributed by atoms with E-state index in [1.807, 2.05) is 0 Å². The van der Waals surface area contributed by atoms with Crippen LogP contribution in [0.2, 0.25) is 0 Å². The number of aliphatic carboxylic acids is 1. The molecule has 0 fully saturated rings. The number of halogens is 1. The maximum absolute atomic E-state index is 12.8. The Morgan fingerprint density at radius 3 is 2.25 bits per heavy atom. The Morgan fingerprint density at radius 1 is 1.25 bits per heavy atom. The van der Waals surface area contributed by atoms with Gasteiger partial charge in [0.2, 0.25) is 0 Å². The Kier molecular flexibility index (Phi) is 5.68.